The minimum atomic E-state index is 0.203. The number of benzene rings is 1. The Morgan fingerprint density at radius 1 is 1.18 bits per heavy atom. The highest BCUT2D eigenvalue weighted by molar-refractivity contribution is 9.09. The van der Waals surface area contributed by atoms with Crippen molar-refractivity contribution >= 4 is 43.3 Å². The van der Waals surface area contributed by atoms with Crippen LogP contribution >= 0.6 is 31.9 Å². The van der Waals surface area contributed by atoms with E-state index in [1.165, 1.54) is 0 Å². The van der Waals surface area contributed by atoms with E-state index >= 15 is 0 Å². The van der Waals surface area contributed by atoms with Crippen molar-refractivity contribution in [3.63, 3.8) is 0 Å². The van der Waals surface area contributed by atoms with Gasteiger partial charge < -0.3 is 4.90 Å². The molecule has 0 atom stereocenters. The first-order valence-corrected chi connectivity index (χ1v) is 7.98. The highest BCUT2D eigenvalue weighted by Gasteiger charge is 2.13. The van der Waals surface area contributed by atoms with Crippen molar-refractivity contribution in [3.05, 3.63) is 29.8 Å². The van der Waals surface area contributed by atoms with E-state index in [0.717, 1.165) is 35.0 Å². The monoisotopic (exact) mass is 361 g/mol. The molecule has 0 saturated carbocycles. The summed E-state index contributed by atoms with van der Waals surface area (Å²) in [6.45, 7) is 3.71. The molecule has 2 nitrogen and oxygen atoms in total. The second kappa shape index (κ2) is 7.88. The molecule has 0 amide bonds. The van der Waals surface area contributed by atoms with Gasteiger partial charge in [0.2, 0.25) is 0 Å². The van der Waals surface area contributed by atoms with E-state index in [0.29, 0.717) is 6.42 Å². The zero-order valence-corrected chi connectivity index (χ0v) is 13.1. The quantitative estimate of drug-likeness (QED) is 0.542. The number of rotatable bonds is 7. The Balaban J connectivity index is 3.04. The van der Waals surface area contributed by atoms with E-state index in [4.69, 9.17) is 0 Å². The number of halogens is 2. The summed E-state index contributed by atoms with van der Waals surface area (Å²) in [5.74, 6) is 0.203. The Labute approximate surface area is 120 Å². The lowest BCUT2D eigenvalue weighted by atomic mass is 10.1. The van der Waals surface area contributed by atoms with Crippen LogP contribution in [0.4, 0.5) is 5.69 Å². The molecule has 0 aromatic heterocycles. The summed E-state index contributed by atoms with van der Waals surface area (Å²) in [5, 5.41) is 1.79. The number of anilines is 1. The summed E-state index contributed by atoms with van der Waals surface area (Å²) in [5.41, 5.74) is 1.87. The van der Waals surface area contributed by atoms with Crippen molar-refractivity contribution in [2.45, 2.75) is 13.3 Å². The van der Waals surface area contributed by atoms with Crippen molar-refractivity contribution < 1.29 is 4.79 Å². The van der Waals surface area contributed by atoms with Crippen LogP contribution in [0.25, 0.3) is 0 Å². The maximum absolute atomic E-state index is 11.9. The van der Waals surface area contributed by atoms with Gasteiger partial charge in [0.05, 0.1) is 0 Å². The average molecular weight is 363 g/mol. The molecule has 0 fully saturated rings. The van der Waals surface area contributed by atoms with Gasteiger partial charge in [-0.1, -0.05) is 50.9 Å². The lowest BCUT2D eigenvalue weighted by molar-refractivity contribution is 0.0988. The lowest BCUT2D eigenvalue weighted by Gasteiger charge is -2.25. The van der Waals surface area contributed by atoms with Crippen LogP contribution in [0.2, 0.25) is 0 Å². The number of carbonyl (C=O) groups excluding carboxylic acids is 1. The number of Topliss-reactive ketones (excluding diaryl/α,β-unsaturated/α-hetero) is 1. The van der Waals surface area contributed by atoms with Gasteiger partial charge in [-0.15, -0.1) is 0 Å². The predicted molar refractivity (Wildman–Crippen MR) is 80.9 cm³/mol. The second-order valence-electron chi connectivity index (χ2n) is 3.66. The van der Waals surface area contributed by atoms with Crippen LogP contribution in [0.5, 0.6) is 0 Å². The molecular weight excluding hydrogens is 346 g/mol. The number of hydrogen-bond acceptors (Lipinski definition) is 2. The van der Waals surface area contributed by atoms with E-state index < -0.39 is 0 Å². The minimum absolute atomic E-state index is 0.203. The van der Waals surface area contributed by atoms with Crippen molar-refractivity contribution in [2.24, 2.45) is 0 Å². The van der Waals surface area contributed by atoms with Crippen molar-refractivity contribution in [1.82, 2.24) is 0 Å². The Morgan fingerprint density at radius 2 is 1.76 bits per heavy atom. The number of alkyl halides is 2. The fourth-order valence-electron chi connectivity index (χ4n) is 1.73. The number of ketones is 1. The summed E-state index contributed by atoms with van der Waals surface area (Å²) in [6.07, 6.45) is 0.549. The number of carbonyl (C=O) groups is 1. The van der Waals surface area contributed by atoms with Crippen molar-refractivity contribution in [3.8, 4) is 0 Å². The molecule has 1 aromatic carbocycles. The first-order chi connectivity index (χ1) is 8.24. The summed E-state index contributed by atoms with van der Waals surface area (Å²) in [7, 11) is 0. The highest BCUT2D eigenvalue weighted by Crippen LogP contribution is 2.22. The normalized spacial score (nSPS) is 10.3. The van der Waals surface area contributed by atoms with Crippen LogP contribution in [-0.2, 0) is 0 Å². The molecule has 94 valence electrons. The predicted octanol–water partition coefficient (Wildman–Crippen LogP) is 3.88. The lowest BCUT2D eigenvalue weighted by Crippen LogP contribution is -2.29. The van der Waals surface area contributed by atoms with E-state index in [1.54, 1.807) is 0 Å². The first-order valence-electron chi connectivity index (χ1n) is 5.73. The Kier molecular flexibility index (Phi) is 6.82. The molecule has 0 spiro atoms. The zero-order valence-electron chi connectivity index (χ0n) is 9.96. The third-order valence-corrected chi connectivity index (χ3v) is 3.28. The summed E-state index contributed by atoms with van der Waals surface area (Å²) in [6, 6.07) is 7.84. The topological polar surface area (TPSA) is 20.3 Å². The van der Waals surface area contributed by atoms with Gasteiger partial charge in [-0.3, -0.25) is 4.79 Å². The Hall–Kier alpha value is -0.350. The maximum atomic E-state index is 11.9. The van der Waals surface area contributed by atoms with Crippen LogP contribution in [0.15, 0.2) is 24.3 Å². The van der Waals surface area contributed by atoms with Gasteiger partial charge in [-0.05, 0) is 12.1 Å². The molecule has 0 saturated heterocycles. The molecule has 0 heterocycles. The van der Waals surface area contributed by atoms with Crippen LogP contribution < -0.4 is 4.90 Å². The summed E-state index contributed by atoms with van der Waals surface area (Å²) >= 11 is 6.91. The third-order valence-electron chi connectivity index (χ3n) is 2.58. The van der Waals surface area contributed by atoms with Gasteiger partial charge in [-0.25, -0.2) is 0 Å². The molecule has 0 aliphatic carbocycles. The molecule has 0 aliphatic heterocycles. The van der Waals surface area contributed by atoms with Gasteiger partial charge in [0.1, 0.15) is 0 Å². The fraction of sp³-hybridized carbons (Fsp3) is 0.462. The molecule has 17 heavy (non-hydrogen) atoms. The smallest absolute Gasteiger partial charge is 0.164 e. The SMILES string of the molecule is CCC(=O)c1ccccc1N(CCBr)CCBr. The van der Waals surface area contributed by atoms with Gasteiger partial charge in [0.15, 0.2) is 5.78 Å². The zero-order chi connectivity index (χ0) is 12.7. The van der Waals surface area contributed by atoms with E-state index in [2.05, 4.69) is 36.8 Å². The Bertz CT molecular complexity index is 362. The fourth-order valence-corrected chi connectivity index (χ4v) is 2.59. The summed E-state index contributed by atoms with van der Waals surface area (Å²) in [4.78, 5) is 14.1. The van der Waals surface area contributed by atoms with Crippen LogP contribution in [0, 0.1) is 0 Å². The van der Waals surface area contributed by atoms with E-state index in [9.17, 15) is 4.79 Å². The molecule has 1 rings (SSSR count). The number of hydrogen-bond donors (Lipinski definition) is 0. The van der Waals surface area contributed by atoms with Gasteiger partial charge in [-0.2, -0.15) is 0 Å². The molecule has 0 bridgehead atoms. The third kappa shape index (κ3) is 4.11. The average Bonchev–Trinajstić information content (AvgIpc) is 2.37. The summed E-state index contributed by atoms with van der Waals surface area (Å²) < 4.78 is 0. The molecule has 0 radical (unpaired) electrons. The number of nitrogens with zero attached hydrogens (tertiary/aromatic N) is 1. The molecule has 4 heteroatoms. The van der Waals surface area contributed by atoms with Crippen LogP contribution in [0.1, 0.15) is 23.7 Å². The largest absolute Gasteiger partial charge is 0.369 e. The molecular formula is C13H17Br2NO. The van der Waals surface area contributed by atoms with Gasteiger partial charge >= 0.3 is 0 Å². The van der Waals surface area contributed by atoms with E-state index in [-0.39, 0.29) is 5.78 Å². The van der Waals surface area contributed by atoms with Crippen molar-refractivity contribution in [2.75, 3.05) is 28.6 Å². The molecule has 0 N–H and O–H groups in total. The first kappa shape index (κ1) is 14.7. The minimum Gasteiger partial charge on any atom is -0.369 e. The van der Waals surface area contributed by atoms with Gasteiger partial charge in [0, 0.05) is 41.4 Å². The molecule has 1 aromatic rings. The van der Waals surface area contributed by atoms with E-state index in [1.807, 2.05) is 31.2 Å². The van der Waals surface area contributed by atoms with Gasteiger partial charge in [0.25, 0.3) is 0 Å². The molecule has 0 unspecified atom stereocenters. The van der Waals surface area contributed by atoms with Crippen LogP contribution in [-0.4, -0.2) is 29.5 Å². The molecule has 0 aliphatic rings. The Morgan fingerprint density at radius 3 is 2.29 bits per heavy atom. The second-order valence-corrected chi connectivity index (χ2v) is 5.24. The standard InChI is InChI=1S/C13H17Br2NO/c1-2-13(17)11-5-3-4-6-12(11)16(9-7-14)10-8-15/h3-6H,2,7-10H2,1H3. The van der Waals surface area contributed by atoms with Crippen molar-refractivity contribution in [1.29, 1.82) is 0 Å². The van der Waals surface area contributed by atoms with Crippen LogP contribution in [0.3, 0.4) is 0 Å². The maximum Gasteiger partial charge on any atom is 0.164 e. The number of para-hydroxylation sites is 1. The highest BCUT2D eigenvalue weighted by atomic mass is 79.9.